The van der Waals surface area contributed by atoms with E-state index < -0.39 is 5.97 Å². The molecular weight excluding hydrogens is 178 g/mol. The van der Waals surface area contributed by atoms with Crippen LogP contribution in [0.5, 0.6) is 0 Å². The fraction of sp³-hybridized carbons (Fsp3) is 0.909. The molecule has 0 radical (unpaired) electrons. The largest absolute Gasteiger partial charge is 0.481 e. The molecular formula is C11H21NO2. The minimum absolute atomic E-state index is 0.327. The van der Waals surface area contributed by atoms with Crippen molar-refractivity contribution in [1.29, 1.82) is 0 Å². The van der Waals surface area contributed by atoms with Crippen molar-refractivity contribution in [3.63, 3.8) is 0 Å². The Kier molecular flexibility index (Phi) is 3.93. The van der Waals surface area contributed by atoms with Gasteiger partial charge < -0.3 is 10.0 Å². The van der Waals surface area contributed by atoms with Crippen LogP contribution in [0.1, 0.15) is 33.1 Å². The number of piperidine rings is 1. The lowest BCUT2D eigenvalue weighted by Gasteiger charge is -2.41. The lowest BCUT2D eigenvalue weighted by atomic mass is 9.81. The molecule has 0 unspecified atom stereocenters. The maximum absolute atomic E-state index is 10.7. The molecule has 1 saturated heterocycles. The lowest BCUT2D eigenvalue weighted by molar-refractivity contribution is -0.139. The molecule has 3 nitrogen and oxygen atoms in total. The van der Waals surface area contributed by atoms with Crippen LogP contribution in [0.3, 0.4) is 0 Å². The van der Waals surface area contributed by atoms with Crippen LogP contribution in [0.25, 0.3) is 0 Å². The van der Waals surface area contributed by atoms with Crippen molar-refractivity contribution in [2.45, 2.75) is 39.2 Å². The standard InChI is InChI=1S/C11H21NO2/c1-8(2)11-9(7-10(13)14)5-4-6-12(11)3/h8-9,11H,4-7H2,1-3H3,(H,13,14)/t9-,11-/m1/s1. The average molecular weight is 199 g/mol. The van der Waals surface area contributed by atoms with Gasteiger partial charge in [-0.2, -0.15) is 0 Å². The predicted octanol–water partition coefficient (Wildman–Crippen LogP) is 1.83. The molecule has 1 aliphatic rings. The van der Waals surface area contributed by atoms with E-state index in [0.29, 0.717) is 24.3 Å². The summed E-state index contributed by atoms with van der Waals surface area (Å²) in [7, 11) is 2.11. The van der Waals surface area contributed by atoms with Gasteiger partial charge in [-0.05, 0) is 38.3 Å². The van der Waals surface area contributed by atoms with Crippen LogP contribution in [0.2, 0.25) is 0 Å². The minimum atomic E-state index is -0.657. The Morgan fingerprint density at radius 2 is 2.21 bits per heavy atom. The predicted molar refractivity (Wildman–Crippen MR) is 56.2 cm³/mol. The zero-order chi connectivity index (χ0) is 10.7. The Morgan fingerprint density at radius 1 is 1.57 bits per heavy atom. The molecule has 14 heavy (non-hydrogen) atoms. The molecule has 0 amide bonds. The van der Waals surface area contributed by atoms with Crippen LogP contribution in [0.4, 0.5) is 0 Å². The molecule has 3 heteroatoms. The van der Waals surface area contributed by atoms with Crippen molar-refractivity contribution in [2.24, 2.45) is 11.8 Å². The highest BCUT2D eigenvalue weighted by molar-refractivity contribution is 5.67. The van der Waals surface area contributed by atoms with E-state index >= 15 is 0 Å². The average Bonchev–Trinajstić information content (AvgIpc) is 2.01. The van der Waals surface area contributed by atoms with Crippen molar-refractivity contribution in [3.05, 3.63) is 0 Å². The van der Waals surface area contributed by atoms with Gasteiger partial charge in [0.15, 0.2) is 0 Å². The highest BCUT2D eigenvalue weighted by Gasteiger charge is 2.32. The third-order valence-corrected chi connectivity index (χ3v) is 3.20. The molecule has 0 aromatic heterocycles. The number of hydrogen-bond acceptors (Lipinski definition) is 2. The van der Waals surface area contributed by atoms with E-state index in [1.165, 1.54) is 0 Å². The molecule has 0 saturated carbocycles. The van der Waals surface area contributed by atoms with Crippen LogP contribution < -0.4 is 0 Å². The molecule has 0 aromatic carbocycles. The second-order valence-corrected chi connectivity index (χ2v) is 4.72. The molecule has 0 aliphatic carbocycles. The molecule has 1 rings (SSSR count). The van der Waals surface area contributed by atoms with Crippen molar-refractivity contribution in [3.8, 4) is 0 Å². The second kappa shape index (κ2) is 4.78. The first-order chi connectivity index (χ1) is 6.52. The Balaban J connectivity index is 2.64. The van der Waals surface area contributed by atoms with E-state index in [9.17, 15) is 4.79 Å². The van der Waals surface area contributed by atoms with Crippen LogP contribution in [0.15, 0.2) is 0 Å². The number of nitrogens with zero attached hydrogens (tertiary/aromatic N) is 1. The molecule has 82 valence electrons. The Morgan fingerprint density at radius 3 is 2.71 bits per heavy atom. The molecule has 1 aliphatic heterocycles. The number of likely N-dealkylation sites (tertiary alicyclic amines) is 1. The maximum Gasteiger partial charge on any atom is 0.303 e. The number of rotatable bonds is 3. The van der Waals surface area contributed by atoms with Crippen LogP contribution in [-0.4, -0.2) is 35.6 Å². The van der Waals surface area contributed by atoms with Gasteiger partial charge in [-0.15, -0.1) is 0 Å². The summed E-state index contributed by atoms with van der Waals surface area (Å²) in [5.74, 6) is 0.229. The van der Waals surface area contributed by atoms with Gasteiger partial charge in [0.2, 0.25) is 0 Å². The van der Waals surface area contributed by atoms with Crippen LogP contribution >= 0.6 is 0 Å². The van der Waals surface area contributed by atoms with Crippen LogP contribution in [0, 0.1) is 11.8 Å². The second-order valence-electron chi connectivity index (χ2n) is 4.72. The summed E-state index contributed by atoms with van der Waals surface area (Å²) >= 11 is 0. The van der Waals surface area contributed by atoms with Crippen molar-refractivity contribution >= 4 is 5.97 Å². The summed E-state index contributed by atoms with van der Waals surface area (Å²) in [6.07, 6.45) is 2.53. The molecule has 1 heterocycles. The monoisotopic (exact) mass is 199 g/mol. The van der Waals surface area contributed by atoms with Gasteiger partial charge in [0.05, 0.1) is 0 Å². The lowest BCUT2D eigenvalue weighted by Crippen LogP contribution is -2.46. The third-order valence-electron chi connectivity index (χ3n) is 3.20. The number of aliphatic carboxylic acids is 1. The number of carboxylic acid groups (broad SMARTS) is 1. The minimum Gasteiger partial charge on any atom is -0.481 e. The van der Waals surface area contributed by atoms with E-state index in [1.54, 1.807) is 0 Å². The van der Waals surface area contributed by atoms with Gasteiger partial charge in [0.1, 0.15) is 0 Å². The summed E-state index contributed by atoms with van der Waals surface area (Å²) in [4.78, 5) is 13.0. The van der Waals surface area contributed by atoms with Crippen molar-refractivity contribution in [2.75, 3.05) is 13.6 Å². The molecule has 0 spiro atoms. The third kappa shape index (κ3) is 2.71. The van der Waals surface area contributed by atoms with Gasteiger partial charge >= 0.3 is 5.97 Å². The van der Waals surface area contributed by atoms with E-state index in [-0.39, 0.29) is 0 Å². The van der Waals surface area contributed by atoms with E-state index in [2.05, 4.69) is 25.8 Å². The Hall–Kier alpha value is -0.570. The smallest absolute Gasteiger partial charge is 0.303 e. The van der Waals surface area contributed by atoms with Crippen molar-refractivity contribution < 1.29 is 9.90 Å². The number of carboxylic acids is 1. The zero-order valence-corrected chi connectivity index (χ0v) is 9.36. The summed E-state index contributed by atoms with van der Waals surface area (Å²) in [5.41, 5.74) is 0. The first kappa shape index (κ1) is 11.5. The topological polar surface area (TPSA) is 40.5 Å². The first-order valence-electron chi connectivity index (χ1n) is 5.44. The van der Waals surface area contributed by atoms with Gasteiger partial charge in [0, 0.05) is 12.5 Å². The van der Waals surface area contributed by atoms with Gasteiger partial charge in [0.25, 0.3) is 0 Å². The Bertz CT molecular complexity index is 203. The highest BCUT2D eigenvalue weighted by Crippen LogP contribution is 2.29. The maximum atomic E-state index is 10.7. The van der Waals surface area contributed by atoms with Crippen molar-refractivity contribution in [1.82, 2.24) is 4.90 Å². The molecule has 1 fully saturated rings. The number of carbonyl (C=O) groups is 1. The van der Waals surface area contributed by atoms with E-state index in [4.69, 9.17) is 5.11 Å². The van der Waals surface area contributed by atoms with E-state index in [0.717, 1.165) is 19.4 Å². The first-order valence-corrected chi connectivity index (χ1v) is 5.44. The fourth-order valence-electron chi connectivity index (χ4n) is 2.78. The van der Waals surface area contributed by atoms with Gasteiger partial charge in [-0.25, -0.2) is 0 Å². The zero-order valence-electron chi connectivity index (χ0n) is 9.36. The van der Waals surface area contributed by atoms with Crippen LogP contribution in [-0.2, 0) is 4.79 Å². The normalized spacial score (nSPS) is 29.4. The summed E-state index contributed by atoms with van der Waals surface area (Å²) in [6, 6.07) is 0.444. The van der Waals surface area contributed by atoms with Gasteiger partial charge in [-0.1, -0.05) is 13.8 Å². The number of hydrogen-bond donors (Lipinski definition) is 1. The highest BCUT2D eigenvalue weighted by atomic mass is 16.4. The Labute approximate surface area is 86.1 Å². The summed E-state index contributed by atoms with van der Waals surface area (Å²) in [6.45, 7) is 5.47. The van der Waals surface area contributed by atoms with Gasteiger partial charge in [-0.3, -0.25) is 4.79 Å². The summed E-state index contributed by atoms with van der Waals surface area (Å²) in [5, 5.41) is 8.83. The quantitative estimate of drug-likeness (QED) is 0.754. The molecule has 0 aromatic rings. The SMILES string of the molecule is CC(C)[C@@H]1[C@@H](CC(=O)O)CCCN1C. The fourth-order valence-corrected chi connectivity index (χ4v) is 2.78. The van der Waals surface area contributed by atoms with E-state index in [1.807, 2.05) is 0 Å². The summed E-state index contributed by atoms with van der Waals surface area (Å²) < 4.78 is 0. The molecule has 2 atom stereocenters. The molecule has 1 N–H and O–H groups in total. The molecule has 0 bridgehead atoms.